The van der Waals surface area contributed by atoms with Crippen LogP contribution in [0.15, 0.2) is 95.5 Å². The normalized spacial score (nSPS) is 11.9. The fraction of sp³-hybridized carbons (Fsp3) is 0.214. The number of rotatable bonds is 9. The maximum atomic E-state index is 6.56. The molecule has 0 spiro atoms. The van der Waals surface area contributed by atoms with Crippen molar-refractivity contribution in [2.24, 2.45) is 0 Å². The number of unbranched alkanes of at least 4 members (excludes halogenated alkanes) is 1. The van der Waals surface area contributed by atoms with Crippen LogP contribution >= 0.6 is 15.9 Å². The van der Waals surface area contributed by atoms with Crippen molar-refractivity contribution >= 4 is 26.7 Å². The summed E-state index contributed by atoms with van der Waals surface area (Å²) in [6, 6.07) is 31.1. The van der Waals surface area contributed by atoms with E-state index >= 15 is 0 Å². The van der Waals surface area contributed by atoms with Gasteiger partial charge in [0.1, 0.15) is 24.2 Å². The third-order valence-electron chi connectivity index (χ3n) is 5.41. The minimum Gasteiger partial charge on any atom is -0.489 e. The van der Waals surface area contributed by atoms with Crippen molar-refractivity contribution < 1.29 is 9.47 Å². The van der Waals surface area contributed by atoms with E-state index in [1.165, 1.54) is 16.3 Å². The molecule has 0 aliphatic rings. The standard InChI is InChI=1S/C28H27BrO2/c1-2-3-16-27(25-15-9-13-22-12-7-8-14-24(22)25)31-28-18-17-23(19-26(28)29)30-20-21-10-5-4-6-11-21/h4-15,17-19,27H,2-3,16,20H2,1H3/t27-/m0/s1. The lowest BCUT2D eigenvalue weighted by Crippen LogP contribution is -2.09. The Balaban J connectivity index is 1.54. The fourth-order valence-electron chi connectivity index (χ4n) is 3.76. The molecule has 0 N–H and O–H groups in total. The molecule has 158 valence electrons. The van der Waals surface area contributed by atoms with E-state index in [4.69, 9.17) is 9.47 Å². The Morgan fingerprint density at radius 1 is 0.839 bits per heavy atom. The van der Waals surface area contributed by atoms with Crippen LogP contribution in [0.25, 0.3) is 10.8 Å². The van der Waals surface area contributed by atoms with Crippen molar-refractivity contribution in [3.8, 4) is 11.5 Å². The average Bonchev–Trinajstić information content (AvgIpc) is 2.82. The van der Waals surface area contributed by atoms with Crippen molar-refractivity contribution in [3.05, 3.63) is 107 Å². The summed E-state index contributed by atoms with van der Waals surface area (Å²) >= 11 is 3.69. The predicted octanol–water partition coefficient (Wildman–Crippen LogP) is 8.49. The third kappa shape index (κ3) is 5.48. The summed E-state index contributed by atoms with van der Waals surface area (Å²) in [6.07, 6.45) is 3.23. The van der Waals surface area contributed by atoms with Crippen LogP contribution in [0.3, 0.4) is 0 Å². The molecule has 0 bridgehead atoms. The van der Waals surface area contributed by atoms with E-state index < -0.39 is 0 Å². The van der Waals surface area contributed by atoms with Gasteiger partial charge >= 0.3 is 0 Å². The first-order valence-electron chi connectivity index (χ1n) is 10.8. The molecule has 4 rings (SSSR count). The van der Waals surface area contributed by atoms with Crippen molar-refractivity contribution in [1.29, 1.82) is 0 Å². The van der Waals surface area contributed by atoms with E-state index in [2.05, 4.69) is 77.5 Å². The number of hydrogen-bond donors (Lipinski definition) is 0. The van der Waals surface area contributed by atoms with Gasteiger partial charge in [-0.05, 0) is 63.3 Å². The quantitative estimate of drug-likeness (QED) is 0.242. The average molecular weight is 475 g/mol. The molecule has 4 aromatic carbocycles. The first-order valence-corrected chi connectivity index (χ1v) is 11.6. The Morgan fingerprint density at radius 2 is 1.61 bits per heavy atom. The SMILES string of the molecule is CCCC[C@H](Oc1ccc(OCc2ccccc2)cc1Br)c1cccc2ccccc12. The second kappa shape index (κ2) is 10.5. The van der Waals surface area contributed by atoms with Gasteiger partial charge in [-0.15, -0.1) is 0 Å². The Morgan fingerprint density at radius 3 is 2.42 bits per heavy atom. The second-order valence-electron chi connectivity index (χ2n) is 7.68. The molecule has 0 heterocycles. The zero-order valence-electron chi connectivity index (χ0n) is 17.8. The molecule has 0 saturated heterocycles. The Labute approximate surface area is 193 Å². The molecule has 0 radical (unpaired) electrons. The highest BCUT2D eigenvalue weighted by atomic mass is 79.9. The molecule has 0 amide bonds. The van der Waals surface area contributed by atoms with Crippen LogP contribution in [-0.4, -0.2) is 0 Å². The summed E-state index contributed by atoms with van der Waals surface area (Å²) in [4.78, 5) is 0. The molecule has 0 aliphatic heterocycles. The third-order valence-corrected chi connectivity index (χ3v) is 6.03. The van der Waals surface area contributed by atoms with E-state index in [9.17, 15) is 0 Å². The zero-order valence-corrected chi connectivity index (χ0v) is 19.3. The minimum absolute atomic E-state index is 0.00145. The van der Waals surface area contributed by atoms with Crippen molar-refractivity contribution in [2.75, 3.05) is 0 Å². The van der Waals surface area contributed by atoms with Crippen LogP contribution in [0, 0.1) is 0 Å². The van der Waals surface area contributed by atoms with Gasteiger partial charge in [-0.25, -0.2) is 0 Å². The van der Waals surface area contributed by atoms with E-state index in [0.29, 0.717) is 6.61 Å². The summed E-state index contributed by atoms with van der Waals surface area (Å²) in [6.45, 7) is 2.76. The first kappa shape index (κ1) is 21.5. The molecule has 0 aromatic heterocycles. The Kier molecular flexibility index (Phi) is 7.26. The van der Waals surface area contributed by atoms with Crippen LogP contribution < -0.4 is 9.47 Å². The van der Waals surface area contributed by atoms with Gasteiger partial charge in [-0.3, -0.25) is 0 Å². The smallest absolute Gasteiger partial charge is 0.134 e. The van der Waals surface area contributed by atoms with E-state index in [0.717, 1.165) is 40.8 Å². The van der Waals surface area contributed by atoms with Gasteiger partial charge in [0, 0.05) is 5.56 Å². The number of ether oxygens (including phenoxy) is 2. The molecule has 4 aromatic rings. The molecule has 0 unspecified atom stereocenters. The van der Waals surface area contributed by atoms with Gasteiger partial charge < -0.3 is 9.47 Å². The highest BCUT2D eigenvalue weighted by Gasteiger charge is 2.17. The van der Waals surface area contributed by atoms with Crippen molar-refractivity contribution in [2.45, 2.75) is 38.9 Å². The fourth-order valence-corrected chi connectivity index (χ4v) is 4.21. The summed E-state index contributed by atoms with van der Waals surface area (Å²) in [7, 11) is 0. The van der Waals surface area contributed by atoms with Gasteiger partial charge in [0.05, 0.1) is 4.47 Å². The maximum Gasteiger partial charge on any atom is 0.134 e. The molecule has 0 fully saturated rings. The molecule has 1 atom stereocenters. The van der Waals surface area contributed by atoms with Crippen molar-refractivity contribution in [3.63, 3.8) is 0 Å². The Bertz CT molecular complexity index is 1120. The molecule has 0 aliphatic carbocycles. The van der Waals surface area contributed by atoms with Gasteiger partial charge in [-0.2, -0.15) is 0 Å². The largest absolute Gasteiger partial charge is 0.489 e. The number of halogens is 1. The van der Waals surface area contributed by atoms with Gasteiger partial charge in [0.2, 0.25) is 0 Å². The molecule has 2 nitrogen and oxygen atoms in total. The highest BCUT2D eigenvalue weighted by Crippen LogP contribution is 2.36. The highest BCUT2D eigenvalue weighted by molar-refractivity contribution is 9.10. The monoisotopic (exact) mass is 474 g/mol. The van der Waals surface area contributed by atoms with Gasteiger partial charge in [-0.1, -0.05) is 86.1 Å². The number of benzene rings is 4. The van der Waals surface area contributed by atoms with Crippen LogP contribution in [-0.2, 0) is 6.61 Å². The van der Waals surface area contributed by atoms with Crippen molar-refractivity contribution in [1.82, 2.24) is 0 Å². The number of hydrogen-bond acceptors (Lipinski definition) is 2. The molecular formula is C28H27BrO2. The predicted molar refractivity (Wildman–Crippen MR) is 132 cm³/mol. The second-order valence-corrected chi connectivity index (χ2v) is 8.54. The summed E-state index contributed by atoms with van der Waals surface area (Å²) < 4.78 is 13.4. The van der Waals surface area contributed by atoms with E-state index in [1.54, 1.807) is 0 Å². The van der Waals surface area contributed by atoms with Crippen LogP contribution in [0.2, 0.25) is 0 Å². The lowest BCUT2D eigenvalue weighted by molar-refractivity contribution is 0.191. The molecule has 0 saturated carbocycles. The zero-order chi connectivity index (χ0) is 21.5. The molecular weight excluding hydrogens is 448 g/mol. The van der Waals surface area contributed by atoms with E-state index in [1.807, 2.05) is 36.4 Å². The summed E-state index contributed by atoms with van der Waals surface area (Å²) in [5.74, 6) is 1.65. The lowest BCUT2D eigenvalue weighted by atomic mass is 9.97. The van der Waals surface area contributed by atoms with E-state index in [-0.39, 0.29) is 6.10 Å². The minimum atomic E-state index is -0.00145. The molecule has 31 heavy (non-hydrogen) atoms. The lowest BCUT2D eigenvalue weighted by Gasteiger charge is -2.22. The van der Waals surface area contributed by atoms with Crippen LogP contribution in [0.1, 0.15) is 43.4 Å². The number of fused-ring (bicyclic) bond motifs is 1. The summed E-state index contributed by atoms with van der Waals surface area (Å²) in [5.41, 5.74) is 2.39. The topological polar surface area (TPSA) is 18.5 Å². The van der Waals surface area contributed by atoms with Gasteiger partial charge in [0.15, 0.2) is 0 Å². The Hall–Kier alpha value is -2.78. The maximum absolute atomic E-state index is 6.56. The first-order chi connectivity index (χ1) is 15.2. The van der Waals surface area contributed by atoms with Crippen LogP contribution in [0.4, 0.5) is 0 Å². The molecule has 3 heteroatoms. The summed E-state index contributed by atoms with van der Waals surface area (Å²) in [5, 5.41) is 2.50. The van der Waals surface area contributed by atoms with Gasteiger partial charge in [0.25, 0.3) is 0 Å². The van der Waals surface area contributed by atoms with Crippen LogP contribution in [0.5, 0.6) is 11.5 Å².